The average molecular weight is 436 g/mol. The molecule has 160 valence electrons. The number of likely N-dealkylation sites (tertiary alicyclic amines) is 1. The van der Waals surface area contributed by atoms with Crippen LogP contribution in [0.1, 0.15) is 15.9 Å². The number of rotatable bonds is 4. The molecule has 2 fully saturated rings. The Labute approximate surface area is 179 Å². The molecule has 0 aromatic heterocycles. The molecule has 5 nitrogen and oxygen atoms in total. The number of aliphatic hydroxyl groups excluding tert-OH is 1. The summed E-state index contributed by atoms with van der Waals surface area (Å²) in [6.07, 6.45) is -0.598. The Bertz CT molecular complexity index is 904. The normalized spacial score (nSPS) is 23.1. The number of halogens is 3. The Morgan fingerprint density at radius 1 is 1.00 bits per heavy atom. The first kappa shape index (κ1) is 21.2. The largest absolute Gasteiger partial charge is 0.390 e. The molecular weight excluding hydrogens is 412 g/mol. The smallest absolute Gasteiger partial charge is 0.253 e. The molecule has 0 aliphatic carbocycles. The first-order valence-corrected chi connectivity index (χ1v) is 10.4. The van der Waals surface area contributed by atoms with Gasteiger partial charge in [0.25, 0.3) is 5.91 Å². The van der Waals surface area contributed by atoms with E-state index < -0.39 is 17.7 Å². The van der Waals surface area contributed by atoms with Crippen molar-refractivity contribution in [2.24, 2.45) is 0 Å². The van der Waals surface area contributed by atoms with Gasteiger partial charge in [-0.3, -0.25) is 14.6 Å². The highest BCUT2D eigenvalue weighted by Crippen LogP contribution is 2.22. The lowest BCUT2D eigenvalue weighted by Gasteiger charge is -2.38. The monoisotopic (exact) mass is 435 g/mol. The molecule has 30 heavy (non-hydrogen) atoms. The number of β-amino-alcohol motifs (C(OH)–C–C–N with tert-alkyl or cyclic N) is 1. The van der Waals surface area contributed by atoms with Gasteiger partial charge >= 0.3 is 0 Å². The summed E-state index contributed by atoms with van der Waals surface area (Å²) < 4.78 is 26.5. The molecule has 0 spiro atoms. The highest BCUT2D eigenvalue weighted by atomic mass is 35.5. The van der Waals surface area contributed by atoms with Crippen molar-refractivity contribution in [2.45, 2.75) is 18.7 Å². The second kappa shape index (κ2) is 8.98. The molecule has 4 rings (SSSR count). The highest BCUT2D eigenvalue weighted by molar-refractivity contribution is 6.30. The average Bonchev–Trinajstić information content (AvgIpc) is 3.13. The molecule has 2 saturated heterocycles. The van der Waals surface area contributed by atoms with Crippen LogP contribution in [0.25, 0.3) is 0 Å². The first-order chi connectivity index (χ1) is 14.4. The fourth-order valence-electron chi connectivity index (χ4n) is 4.22. The Balaban J connectivity index is 1.31. The number of benzene rings is 2. The number of amides is 1. The zero-order valence-corrected chi connectivity index (χ0v) is 17.2. The van der Waals surface area contributed by atoms with E-state index in [-0.39, 0.29) is 11.9 Å². The summed E-state index contributed by atoms with van der Waals surface area (Å²) in [4.78, 5) is 18.8. The van der Waals surface area contributed by atoms with Gasteiger partial charge in [-0.25, -0.2) is 8.78 Å². The van der Waals surface area contributed by atoms with Crippen molar-refractivity contribution in [1.82, 2.24) is 14.7 Å². The molecule has 2 heterocycles. The predicted octanol–water partition coefficient (Wildman–Crippen LogP) is 2.62. The van der Waals surface area contributed by atoms with Gasteiger partial charge in [-0.05, 0) is 42.0 Å². The van der Waals surface area contributed by atoms with E-state index in [9.17, 15) is 18.7 Å². The number of aliphatic hydroxyl groups is 1. The minimum absolute atomic E-state index is 0.105. The van der Waals surface area contributed by atoms with Gasteiger partial charge in [0.2, 0.25) is 0 Å². The van der Waals surface area contributed by atoms with Crippen molar-refractivity contribution >= 4 is 17.5 Å². The van der Waals surface area contributed by atoms with Crippen LogP contribution in [0.3, 0.4) is 0 Å². The molecule has 1 amide bonds. The SMILES string of the molecule is O=C(c1ccc(Cl)cc1)N1CC(O)C(N2CCN(Cc3ccc(F)c(F)c3)CC2)C1. The summed E-state index contributed by atoms with van der Waals surface area (Å²) in [5.74, 6) is -1.77. The summed E-state index contributed by atoms with van der Waals surface area (Å²) in [6, 6.07) is 10.7. The predicted molar refractivity (Wildman–Crippen MR) is 110 cm³/mol. The topological polar surface area (TPSA) is 47.0 Å². The van der Waals surface area contributed by atoms with Crippen LogP contribution in [0.15, 0.2) is 42.5 Å². The molecule has 0 saturated carbocycles. The van der Waals surface area contributed by atoms with E-state index >= 15 is 0 Å². The van der Waals surface area contributed by atoms with Gasteiger partial charge in [-0.15, -0.1) is 0 Å². The minimum Gasteiger partial charge on any atom is -0.390 e. The van der Waals surface area contributed by atoms with Crippen molar-refractivity contribution < 1.29 is 18.7 Å². The molecule has 8 heteroatoms. The summed E-state index contributed by atoms with van der Waals surface area (Å²) >= 11 is 5.89. The number of carbonyl (C=O) groups is 1. The van der Waals surface area contributed by atoms with E-state index in [0.717, 1.165) is 37.8 Å². The van der Waals surface area contributed by atoms with Gasteiger partial charge in [0.05, 0.1) is 12.1 Å². The maximum atomic E-state index is 13.4. The number of hydrogen-bond acceptors (Lipinski definition) is 4. The number of piperazine rings is 1. The molecule has 2 unspecified atom stereocenters. The standard InChI is InChI=1S/C22H24ClF2N3O2/c23-17-4-2-16(3-5-17)22(30)28-13-20(21(29)14-28)27-9-7-26(8-10-27)12-15-1-6-18(24)19(25)11-15/h1-6,11,20-21,29H,7-10,12-14H2. The first-order valence-electron chi connectivity index (χ1n) is 10.0. The van der Waals surface area contributed by atoms with Crippen LogP contribution in [0.4, 0.5) is 8.78 Å². The second-order valence-electron chi connectivity index (χ2n) is 7.91. The van der Waals surface area contributed by atoms with Gasteiger partial charge in [0, 0.05) is 56.4 Å². The fourth-order valence-corrected chi connectivity index (χ4v) is 4.34. The van der Waals surface area contributed by atoms with E-state index in [2.05, 4.69) is 9.80 Å². The fraction of sp³-hybridized carbons (Fsp3) is 0.409. The summed E-state index contributed by atoms with van der Waals surface area (Å²) in [7, 11) is 0. The maximum Gasteiger partial charge on any atom is 0.253 e. The van der Waals surface area contributed by atoms with E-state index in [1.54, 1.807) is 35.2 Å². The van der Waals surface area contributed by atoms with Crippen LogP contribution in [0.5, 0.6) is 0 Å². The lowest BCUT2D eigenvalue weighted by molar-refractivity contribution is 0.0423. The van der Waals surface area contributed by atoms with Crippen LogP contribution in [-0.4, -0.2) is 77.1 Å². The molecule has 2 aliphatic heterocycles. The second-order valence-corrected chi connectivity index (χ2v) is 8.35. The van der Waals surface area contributed by atoms with Crippen LogP contribution < -0.4 is 0 Å². The third-order valence-corrected chi connectivity index (χ3v) is 6.16. The van der Waals surface area contributed by atoms with E-state index in [0.29, 0.717) is 30.2 Å². The van der Waals surface area contributed by atoms with Crippen LogP contribution in [0, 0.1) is 11.6 Å². The van der Waals surface area contributed by atoms with Gasteiger partial charge in [-0.2, -0.15) is 0 Å². The molecule has 0 bridgehead atoms. The number of carbonyl (C=O) groups excluding carboxylic acids is 1. The third-order valence-electron chi connectivity index (χ3n) is 5.90. The minimum atomic E-state index is -0.837. The Morgan fingerprint density at radius 2 is 1.70 bits per heavy atom. The summed E-state index contributed by atoms with van der Waals surface area (Å²) in [5.41, 5.74) is 1.30. The van der Waals surface area contributed by atoms with Crippen molar-refractivity contribution in [3.05, 3.63) is 70.2 Å². The van der Waals surface area contributed by atoms with Crippen molar-refractivity contribution in [3.8, 4) is 0 Å². The molecular formula is C22H24ClF2N3O2. The molecule has 2 atom stereocenters. The maximum absolute atomic E-state index is 13.4. The molecule has 2 aromatic carbocycles. The van der Waals surface area contributed by atoms with Gasteiger partial charge in [-0.1, -0.05) is 17.7 Å². The van der Waals surface area contributed by atoms with Gasteiger partial charge in [0.1, 0.15) is 0 Å². The lowest BCUT2D eigenvalue weighted by Crippen LogP contribution is -2.53. The Hall–Kier alpha value is -2.06. The van der Waals surface area contributed by atoms with E-state index in [1.807, 2.05) is 0 Å². The third kappa shape index (κ3) is 4.64. The number of hydrogen-bond donors (Lipinski definition) is 1. The molecule has 0 radical (unpaired) electrons. The summed E-state index contributed by atoms with van der Waals surface area (Å²) in [6.45, 7) is 4.34. The zero-order chi connectivity index (χ0) is 21.3. The van der Waals surface area contributed by atoms with E-state index in [1.165, 1.54) is 6.07 Å². The highest BCUT2D eigenvalue weighted by Gasteiger charge is 2.38. The van der Waals surface area contributed by atoms with E-state index in [4.69, 9.17) is 11.6 Å². The zero-order valence-electron chi connectivity index (χ0n) is 16.5. The molecule has 2 aromatic rings. The molecule has 1 N–H and O–H groups in total. The van der Waals surface area contributed by atoms with Crippen molar-refractivity contribution in [2.75, 3.05) is 39.3 Å². The number of nitrogens with zero attached hydrogens (tertiary/aromatic N) is 3. The van der Waals surface area contributed by atoms with Crippen molar-refractivity contribution in [1.29, 1.82) is 0 Å². The Morgan fingerprint density at radius 3 is 2.37 bits per heavy atom. The van der Waals surface area contributed by atoms with Crippen LogP contribution in [-0.2, 0) is 6.54 Å². The Kier molecular flexibility index (Phi) is 6.34. The van der Waals surface area contributed by atoms with Crippen molar-refractivity contribution in [3.63, 3.8) is 0 Å². The van der Waals surface area contributed by atoms with Gasteiger partial charge < -0.3 is 10.0 Å². The van der Waals surface area contributed by atoms with Crippen LogP contribution in [0.2, 0.25) is 5.02 Å². The quantitative estimate of drug-likeness (QED) is 0.802. The summed E-state index contributed by atoms with van der Waals surface area (Å²) in [5, 5.41) is 11.1. The van der Waals surface area contributed by atoms with Crippen LogP contribution >= 0.6 is 11.6 Å². The lowest BCUT2D eigenvalue weighted by atomic mass is 10.1. The molecule has 2 aliphatic rings. The van der Waals surface area contributed by atoms with Gasteiger partial charge in [0.15, 0.2) is 11.6 Å².